The van der Waals surface area contributed by atoms with E-state index >= 15 is 0 Å². The highest BCUT2D eigenvalue weighted by atomic mass is 28.4. The maximum absolute atomic E-state index is 6.76. The van der Waals surface area contributed by atoms with E-state index in [-0.39, 0.29) is 0 Å². The Kier molecular flexibility index (Phi) is 7.71. The van der Waals surface area contributed by atoms with Gasteiger partial charge in [0.1, 0.15) is 0 Å². The SMILES string of the molecule is [C-]#[N+]CC[Si](OCC)(OCC)OCC. The molecule has 0 rings (SSSR count). The van der Waals surface area contributed by atoms with Crippen LogP contribution in [0, 0.1) is 6.57 Å². The van der Waals surface area contributed by atoms with E-state index in [1.165, 1.54) is 0 Å². The minimum absolute atomic E-state index is 0.409. The van der Waals surface area contributed by atoms with E-state index < -0.39 is 8.80 Å². The molecule has 0 aliphatic rings. The topological polar surface area (TPSA) is 32.0 Å². The van der Waals surface area contributed by atoms with Gasteiger partial charge in [-0.15, -0.1) is 0 Å². The van der Waals surface area contributed by atoms with Crippen molar-refractivity contribution < 1.29 is 13.3 Å². The van der Waals surface area contributed by atoms with E-state index in [9.17, 15) is 0 Å². The van der Waals surface area contributed by atoms with Crippen LogP contribution in [0.4, 0.5) is 0 Å². The first kappa shape index (κ1) is 13.6. The molecule has 0 unspecified atom stereocenters. The van der Waals surface area contributed by atoms with Crippen LogP contribution >= 0.6 is 0 Å². The molecule has 0 aliphatic carbocycles. The van der Waals surface area contributed by atoms with Crippen LogP contribution < -0.4 is 0 Å². The standard InChI is InChI=1S/C9H19NO3Si/c1-5-11-14(12-6-2,13-7-3)9-8-10-4/h5-9H2,1-3H3. The minimum atomic E-state index is -2.53. The Morgan fingerprint density at radius 2 is 1.43 bits per heavy atom. The first-order valence-electron chi connectivity index (χ1n) is 4.99. The molecular formula is C9H19NO3Si. The summed E-state index contributed by atoms with van der Waals surface area (Å²) < 4.78 is 16.7. The van der Waals surface area contributed by atoms with Gasteiger partial charge in [0.15, 0.2) is 0 Å². The summed E-state index contributed by atoms with van der Waals surface area (Å²) in [5.41, 5.74) is 0. The van der Waals surface area contributed by atoms with Crippen LogP contribution in [0.5, 0.6) is 0 Å². The molecule has 0 aromatic carbocycles. The van der Waals surface area contributed by atoms with Crippen molar-refractivity contribution in [3.63, 3.8) is 0 Å². The first-order valence-corrected chi connectivity index (χ1v) is 6.92. The summed E-state index contributed by atoms with van der Waals surface area (Å²) in [6.45, 7) is 14.6. The lowest BCUT2D eigenvalue weighted by Crippen LogP contribution is -2.46. The molecule has 4 nitrogen and oxygen atoms in total. The van der Waals surface area contributed by atoms with Gasteiger partial charge in [0.05, 0.1) is 6.04 Å². The lowest BCUT2D eigenvalue weighted by Gasteiger charge is -2.26. The zero-order chi connectivity index (χ0) is 10.9. The lowest BCUT2D eigenvalue weighted by molar-refractivity contribution is 0.0724. The number of rotatable bonds is 8. The van der Waals surface area contributed by atoms with Crippen molar-refractivity contribution in [3.05, 3.63) is 11.4 Å². The van der Waals surface area contributed by atoms with Gasteiger partial charge in [0, 0.05) is 19.8 Å². The van der Waals surface area contributed by atoms with Gasteiger partial charge in [-0.05, 0) is 20.8 Å². The molecule has 0 saturated heterocycles. The van der Waals surface area contributed by atoms with Crippen molar-refractivity contribution in [3.8, 4) is 0 Å². The Morgan fingerprint density at radius 3 is 1.71 bits per heavy atom. The van der Waals surface area contributed by atoms with Gasteiger partial charge in [0.2, 0.25) is 6.54 Å². The molecule has 82 valence electrons. The van der Waals surface area contributed by atoms with E-state index in [0.29, 0.717) is 32.4 Å². The van der Waals surface area contributed by atoms with Gasteiger partial charge in [-0.25, -0.2) is 6.57 Å². The molecular weight excluding hydrogens is 198 g/mol. The van der Waals surface area contributed by atoms with Crippen LogP contribution in [0.1, 0.15) is 20.8 Å². The summed E-state index contributed by atoms with van der Waals surface area (Å²) in [5, 5.41) is 0. The Bertz CT molecular complexity index is 164. The molecule has 0 N–H and O–H groups in total. The molecule has 0 atom stereocenters. The van der Waals surface area contributed by atoms with Crippen molar-refractivity contribution in [2.24, 2.45) is 0 Å². The number of nitrogens with zero attached hydrogens (tertiary/aromatic N) is 1. The van der Waals surface area contributed by atoms with Crippen LogP contribution in [-0.4, -0.2) is 35.2 Å². The molecule has 0 fully saturated rings. The molecule has 0 bridgehead atoms. The quantitative estimate of drug-likeness (QED) is 0.460. The van der Waals surface area contributed by atoms with E-state index in [1.54, 1.807) is 0 Å². The summed E-state index contributed by atoms with van der Waals surface area (Å²) in [6, 6.07) is 0.589. The number of hydrogen-bond donors (Lipinski definition) is 0. The van der Waals surface area contributed by atoms with E-state index in [1.807, 2.05) is 20.8 Å². The summed E-state index contributed by atoms with van der Waals surface area (Å²) >= 11 is 0. The molecule has 0 amide bonds. The van der Waals surface area contributed by atoms with Crippen LogP contribution in [0.25, 0.3) is 4.85 Å². The van der Waals surface area contributed by atoms with Crippen molar-refractivity contribution in [2.45, 2.75) is 26.8 Å². The van der Waals surface area contributed by atoms with Crippen LogP contribution in [0.2, 0.25) is 6.04 Å². The normalized spacial score (nSPS) is 11.3. The fourth-order valence-electron chi connectivity index (χ4n) is 1.19. The van der Waals surface area contributed by atoms with E-state index in [4.69, 9.17) is 19.9 Å². The third kappa shape index (κ3) is 4.72. The summed E-state index contributed by atoms with van der Waals surface area (Å²) in [6.07, 6.45) is 0. The van der Waals surface area contributed by atoms with E-state index in [2.05, 4.69) is 4.85 Å². The highest BCUT2D eigenvalue weighted by Crippen LogP contribution is 2.15. The van der Waals surface area contributed by atoms with Crippen molar-refractivity contribution >= 4 is 8.80 Å². The number of hydrogen-bond acceptors (Lipinski definition) is 3. The summed E-state index contributed by atoms with van der Waals surface area (Å²) in [5.74, 6) is 0. The summed E-state index contributed by atoms with van der Waals surface area (Å²) in [7, 11) is -2.53. The third-order valence-electron chi connectivity index (χ3n) is 1.62. The molecule has 0 saturated carbocycles. The van der Waals surface area contributed by atoms with Gasteiger partial charge in [-0.1, -0.05) is 0 Å². The zero-order valence-electron chi connectivity index (χ0n) is 9.21. The first-order chi connectivity index (χ1) is 6.74. The zero-order valence-corrected chi connectivity index (χ0v) is 10.2. The van der Waals surface area contributed by atoms with Gasteiger partial charge in [0.25, 0.3) is 0 Å². The second-order valence-corrected chi connectivity index (χ2v) is 5.35. The molecule has 0 aromatic heterocycles. The van der Waals surface area contributed by atoms with Crippen LogP contribution in [0.3, 0.4) is 0 Å². The Hall–Kier alpha value is -0.413. The Labute approximate surface area is 87.4 Å². The largest absolute Gasteiger partial charge is 0.508 e. The lowest BCUT2D eigenvalue weighted by atomic mass is 10.8. The smallest absolute Gasteiger partial charge is 0.374 e. The fourth-order valence-corrected chi connectivity index (χ4v) is 3.58. The second-order valence-electron chi connectivity index (χ2n) is 2.61. The summed E-state index contributed by atoms with van der Waals surface area (Å²) in [4.78, 5) is 3.31. The Balaban J connectivity index is 4.30. The predicted molar refractivity (Wildman–Crippen MR) is 56.9 cm³/mol. The van der Waals surface area contributed by atoms with Crippen molar-refractivity contribution in [2.75, 3.05) is 26.4 Å². The molecule has 0 radical (unpaired) electrons. The van der Waals surface area contributed by atoms with Crippen LogP contribution in [0.15, 0.2) is 0 Å². The van der Waals surface area contributed by atoms with Gasteiger partial charge in [-0.2, -0.15) is 0 Å². The van der Waals surface area contributed by atoms with Gasteiger partial charge < -0.3 is 18.1 Å². The van der Waals surface area contributed by atoms with Crippen LogP contribution in [-0.2, 0) is 13.3 Å². The third-order valence-corrected chi connectivity index (χ3v) is 4.64. The maximum Gasteiger partial charge on any atom is 0.508 e. The highest BCUT2D eigenvalue weighted by molar-refractivity contribution is 6.60. The molecule has 0 spiro atoms. The molecule has 0 aromatic rings. The average Bonchev–Trinajstić information content (AvgIpc) is 2.16. The molecule has 14 heavy (non-hydrogen) atoms. The average molecular weight is 217 g/mol. The fraction of sp³-hybridized carbons (Fsp3) is 0.889. The maximum atomic E-state index is 6.76. The molecule has 0 heterocycles. The highest BCUT2D eigenvalue weighted by Gasteiger charge is 2.41. The molecule has 0 aliphatic heterocycles. The molecule has 5 heteroatoms. The predicted octanol–water partition coefficient (Wildman–Crippen LogP) is 1.95. The van der Waals surface area contributed by atoms with E-state index in [0.717, 1.165) is 0 Å². The van der Waals surface area contributed by atoms with Crippen molar-refractivity contribution in [1.82, 2.24) is 0 Å². The minimum Gasteiger partial charge on any atom is -0.374 e. The second kappa shape index (κ2) is 7.94. The Morgan fingerprint density at radius 1 is 1.00 bits per heavy atom. The van der Waals surface area contributed by atoms with Gasteiger partial charge in [-0.3, -0.25) is 0 Å². The van der Waals surface area contributed by atoms with Gasteiger partial charge >= 0.3 is 8.80 Å². The van der Waals surface area contributed by atoms with Crippen molar-refractivity contribution in [1.29, 1.82) is 0 Å². The monoisotopic (exact) mass is 217 g/mol.